The Labute approximate surface area is 165 Å². The van der Waals surface area contributed by atoms with E-state index in [1.165, 1.54) is 6.92 Å². The lowest BCUT2D eigenvalue weighted by Crippen LogP contribution is -2.35. The van der Waals surface area contributed by atoms with Gasteiger partial charge in [-0.05, 0) is 48.2 Å². The fraction of sp³-hybridized carbons (Fsp3) is 0.318. The van der Waals surface area contributed by atoms with Gasteiger partial charge in [0.15, 0.2) is 0 Å². The number of anilines is 1. The molecule has 2 aromatic rings. The Morgan fingerprint density at radius 3 is 2.75 bits per heavy atom. The summed E-state index contributed by atoms with van der Waals surface area (Å²) in [7, 11) is 0. The molecule has 0 radical (unpaired) electrons. The summed E-state index contributed by atoms with van der Waals surface area (Å²) in [6.45, 7) is 3.30. The third-order valence-corrected chi connectivity index (χ3v) is 4.51. The number of ether oxygens (including phenoxy) is 1. The molecule has 2 amide bonds. The molecule has 0 aliphatic carbocycles. The standard InChI is InChI=1S/C22H25N3O3/c1-17(26)24-20-9-6-18(7-10-20)8-11-22(27)25(16-21-5-3-13-28-21)15-19-4-2-12-23-14-19/h2,4,6-12,14,21H,3,5,13,15-16H2,1H3,(H,24,26)/b11-8+. The van der Waals surface area contributed by atoms with Gasteiger partial charge in [0.2, 0.25) is 11.8 Å². The maximum absolute atomic E-state index is 12.8. The lowest BCUT2D eigenvalue weighted by Gasteiger charge is -2.24. The average molecular weight is 379 g/mol. The molecule has 1 unspecified atom stereocenters. The number of aromatic nitrogens is 1. The minimum Gasteiger partial charge on any atom is -0.376 e. The van der Waals surface area contributed by atoms with Crippen molar-refractivity contribution in [1.82, 2.24) is 9.88 Å². The summed E-state index contributed by atoms with van der Waals surface area (Å²) in [5.41, 5.74) is 2.61. The van der Waals surface area contributed by atoms with Crippen LogP contribution in [-0.4, -0.2) is 41.0 Å². The Bertz CT molecular complexity index is 813. The van der Waals surface area contributed by atoms with Crippen molar-refractivity contribution in [3.05, 3.63) is 66.0 Å². The van der Waals surface area contributed by atoms with Crippen molar-refractivity contribution < 1.29 is 14.3 Å². The van der Waals surface area contributed by atoms with Gasteiger partial charge in [-0.15, -0.1) is 0 Å². The maximum atomic E-state index is 12.8. The van der Waals surface area contributed by atoms with Crippen LogP contribution < -0.4 is 5.32 Å². The van der Waals surface area contributed by atoms with E-state index in [9.17, 15) is 9.59 Å². The third-order valence-electron chi connectivity index (χ3n) is 4.51. The van der Waals surface area contributed by atoms with Crippen LogP contribution in [0.2, 0.25) is 0 Å². The number of benzene rings is 1. The number of nitrogens with one attached hydrogen (secondary N) is 1. The van der Waals surface area contributed by atoms with E-state index in [4.69, 9.17) is 4.74 Å². The first kappa shape index (κ1) is 19.8. The van der Waals surface area contributed by atoms with Crippen molar-refractivity contribution in [2.45, 2.75) is 32.4 Å². The van der Waals surface area contributed by atoms with Crippen LogP contribution in [0.25, 0.3) is 6.08 Å². The molecule has 0 bridgehead atoms. The fourth-order valence-electron chi connectivity index (χ4n) is 3.13. The van der Waals surface area contributed by atoms with Gasteiger partial charge in [0, 0.05) is 50.8 Å². The van der Waals surface area contributed by atoms with E-state index < -0.39 is 0 Å². The Morgan fingerprint density at radius 2 is 2.11 bits per heavy atom. The molecule has 6 heteroatoms. The highest BCUT2D eigenvalue weighted by atomic mass is 16.5. The van der Waals surface area contributed by atoms with Gasteiger partial charge in [-0.25, -0.2) is 0 Å². The van der Waals surface area contributed by atoms with Crippen LogP contribution in [0.5, 0.6) is 0 Å². The zero-order valence-corrected chi connectivity index (χ0v) is 16.0. The monoisotopic (exact) mass is 379 g/mol. The molecule has 6 nitrogen and oxygen atoms in total. The predicted octanol–water partition coefficient (Wildman–Crippen LogP) is 3.26. The van der Waals surface area contributed by atoms with E-state index in [1.54, 1.807) is 29.4 Å². The summed E-state index contributed by atoms with van der Waals surface area (Å²) in [6, 6.07) is 11.2. The Balaban J connectivity index is 1.67. The van der Waals surface area contributed by atoms with Crippen molar-refractivity contribution in [2.75, 3.05) is 18.5 Å². The lowest BCUT2D eigenvalue weighted by molar-refractivity contribution is -0.128. The Kier molecular flexibility index (Phi) is 6.92. The smallest absolute Gasteiger partial charge is 0.246 e. The molecule has 1 aromatic heterocycles. The second-order valence-electron chi connectivity index (χ2n) is 6.85. The molecule has 1 aromatic carbocycles. The van der Waals surface area contributed by atoms with Crippen molar-refractivity contribution >= 4 is 23.6 Å². The molecule has 1 N–H and O–H groups in total. The van der Waals surface area contributed by atoms with E-state index >= 15 is 0 Å². The van der Waals surface area contributed by atoms with Gasteiger partial charge >= 0.3 is 0 Å². The molecule has 146 valence electrons. The number of amides is 2. The number of carbonyl (C=O) groups is 2. The normalized spacial score (nSPS) is 16.2. The third kappa shape index (κ3) is 6.03. The topological polar surface area (TPSA) is 71.5 Å². The van der Waals surface area contributed by atoms with Crippen LogP contribution in [0.1, 0.15) is 30.9 Å². The number of pyridine rings is 1. The zero-order chi connectivity index (χ0) is 19.8. The van der Waals surface area contributed by atoms with Crippen molar-refractivity contribution in [1.29, 1.82) is 0 Å². The van der Waals surface area contributed by atoms with Gasteiger partial charge in [0.05, 0.1) is 6.10 Å². The van der Waals surface area contributed by atoms with Crippen molar-refractivity contribution in [2.24, 2.45) is 0 Å². The molecule has 2 heterocycles. The van der Waals surface area contributed by atoms with Gasteiger partial charge in [-0.1, -0.05) is 18.2 Å². The van der Waals surface area contributed by atoms with Crippen LogP contribution >= 0.6 is 0 Å². The summed E-state index contributed by atoms with van der Waals surface area (Å²) in [6.07, 6.45) is 8.97. The van der Waals surface area contributed by atoms with E-state index in [0.717, 1.165) is 36.3 Å². The first-order chi connectivity index (χ1) is 13.6. The van der Waals surface area contributed by atoms with E-state index in [2.05, 4.69) is 10.3 Å². The average Bonchev–Trinajstić information content (AvgIpc) is 3.20. The van der Waals surface area contributed by atoms with E-state index in [-0.39, 0.29) is 17.9 Å². The second kappa shape index (κ2) is 9.80. The SMILES string of the molecule is CC(=O)Nc1ccc(/C=C/C(=O)N(Cc2cccnc2)CC2CCCO2)cc1. The van der Waals surface area contributed by atoms with Gasteiger partial charge in [-0.2, -0.15) is 0 Å². The molecule has 0 saturated carbocycles. The molecule has 1 aliphatic heterocycles. The van der Waals surface area contributed by atoms with Crippen LogP contribution in [0.3, 0.4) is 0 Å². The van der Waals surface area contributed by atoms with Crippen LogP contribution in [-0.2, 0) is 20.9 Å². The van der Waals surface area contributed by atoms with Crippen molar-refractivity contribution in [3.63, 3.8) is 0 Å². The number of nitrogens with zero attached hydrogens (tertiary/aromatic N) is 2. The number of hydrogen-bond acceptors (Lipinski definition) is 4. The first-order valence-corrected chi connectivity index (χ1v) is 9.45. The Hall–Kier alpha value is -2.99. The van der Waals surface area contributed by atoms with E-state index in [0.29, 0.717) is 13.1 Å². The van der Waals surface area contributed by atoms with Crippen LogP contribution in [0.15, 0.2) is 54.9 Å². The Morgan fingerprint density at radius 1 is 1.29 bits per heavy atom. The first-order valence-electron chi connectivity index (χ1n) is 9.45. The fourth-order valence-corrected chi connectivity index (χ4v) is 3.13. The maximum Gasteiger partial charge on any atom is 0.246 e. The number of carbonyl (C=O) groups excluding carboxylic acids is 2. The van der Waals surface area contributed by atoms with Crippen molar-refractivity contribution in [3.8, 4) is 0 Å². The number of hydrogen-bond donors (Lipinski definition) is 1. The molecule has 3 rings (SSSR count). The van der Waals surface area contributed by atoms with Gasteiger partial charge in [-0.3, -0.25) is 14.6 Å². The highest BCUT2D eigenvalue weighted by Gasteiger charge is 2.21. The summed E-state index contributed by atoms with van der Waals surface area (Å²) >= 11 is 0. The van der Waals surface area contributed by atoms with Crippen LogP contribution in [0, 0.1) is 0 Å². The highest BCUT2D eigenvalue weighted by Crippen LogP contribution is 2.16. The van der Waals surface area contributed by atoms with E-state index in [1.807, 2.05) is 36.4 Å². The predicted molar refractivity (Wildman–Crippen MR) is 108 cm³/mol. The second-order valence-corrected chi connectivity index (χ2v) is 6.85. The number of rotatable bonds is 7. The van der Waals surface area contributed by atoms with Gasteiger partial charge in [0.1, 0.15) is 0 Å². The molecule has 1 aliphatic rings. The largest absolute Gasteiger partial charge is 0.376 e. The lowest BCUT2D eigenvalue weighted by atomic mass is 10.1. The summed E-state index contributed by atoms with van der Waals surface area (Å²) < 4.78 is 5.71. The quantitative estimate of drug-likeness (QED) is 0.750. The highest BCUT2D eigenvalue weighted by molar-refractivity contribution is 5.92. The van der Waals surface area contributed by atoms with Gasteiger partial charge < -0.3 is 15.0 Å². The summed E-state index contributed by atoms with van der Waals surface area (Å²) in [4.78, 5) is 29.9. The minimum atomic E-state index is -0.112. The molecule has 28 heavy (non-hydrogen) atoms. The molecule has 1 fully saturated rings. The zero-order valence-electron chi connectivity index (χ0n) is 16.0. The summed E-state index contributed by atoms with van der Waals surface area (Å²) in [5.74, 6) is -0.177. The minimum absolute atomic E-state index is 0.0645. The molecular formula is C22H25N3O3. The van der Waals surface area contributed by atoms with Gasteiger partial charge in [0.25, 0.3) is 0 Å². The van der Waals surface area contributed by atoms with Crippen LogP contribution in [0.4, 0.5) is 5.69 Å². The molecular weight excluding hydrogens is 354 g/mol. The molecule has 1 atom stereocenters. The summed E-state index contributed by atoms with van der Waals surface area (Å²) in [5, 5.41) is 2.72. The molecule has 0 spiro atoms. The molecule has 1 saturated heterocycles.